The number of para-hydroxylation sites is 1. The molecule has 0 bridgehead atoms. The van der Waals surface area contributed by atoms with E-state index in [1.54, 1.807) is 30.3 Å². The molecule has 0 spiro atoms. The third-order valence-corrected chi connectivity index (χ3v) is 3.56. The van der Waals surface area contributed by atoms with Crippen LogP contribution in [0, 0.1) is 5.82 Å². The van der Waals surface area contributed by atoms with Crippen molar-refractivity contribution in [3.05, 3.63) is 75.0 Å². The minimum atomic E-state index is -0.732. The van der Waals surface area contributed by atoms with Crippen molar-refractivity contribution >= 4 is 32.7 Å². The SMILES string of the molecule is O=C(Nn1cnc2ccccc2c1=O)c1ccc(Br)cc1F. The molecule has 0 saturated carbocycles. The molecular weight excluding hydrogens is 353 g/mol. The van der Waals surface area contributed by atoms with Crippen LogP contribution in [0.2, 0.25) is 0 Å². The van der Waals surface area contributed by atoms with E-state index < -0.39 is 17.3 Å². The summed E-state index contributed by atoms with van der Waals surface area (Å²) in [6, 6.07) is 10.8. The predicted molar refractivity (Wildman–Crippen MR) is 83.8 cm³/mol. The van der Waals surface area contributed by atoms with Gasteiger partial charge in [-0.15, -0.1) is 0 Å². The molecule has 5 nitrogen and oxygen atoms in total. The first kappa shape index (κ1) is 14.4. The lowest BCUT2D eigenvalue weighted by molar-refractivity contribution is 0.100. The molecule has 0 unspecified atom stereocenters. The normalized spacial score (nSPS) is 10.6. The second kappa shape index (κ2) is 5.69. The number of amides is 1. The molecule has 3 aromatic rings. The molecule has 0 fully saturated rings. The average molecular weight is 362 g/mol. The number of carbonyl (C=O) groups excluding carboxylic acids is 1. The highest BCUT2D eigenvalue weighted by atomic mass is 79.9. The number of nitrogens with one attached hydrogen (secondary N) is 1. The van der Waals surface area contributed by atoms with Crippen molar-refractivity contribution in [1.29, 1.82) is 0 Å². The molecule has 1 heterocycles. The summed E-state index contributed by atoms with van der Waals surface area (Å²) in [6.07, 6.45) is 1.19. The van der Waals surface area contributed by atoms with Gasteiger partial charge in [0.1, 0.15) is 12.1 Å². The fourth-order valence-electron chi connectivity index (χ4n) is 1.99. The average Bonchev–Trinajstić information content (AvgIpc) is 2.50. The maximum Gasteiger partial charge on any atom is 0.280 e. The number of aromatic nitrogens is 2. The van der Waals surface area contributed by atoms with Crippen LogP contribution in [0.5, 0.6) is 0 Å². The van der Waals surface area contributed by atoms with Gasteiger partial charge < -0.3 is 0 Å². The van der Waals surface area contributed by atoms with Crippen LogP contribution in [0.3, 0.4) is 0 Å². The highest BCUT2D eigenvalue weighted by Crippen LogP contribution is 2.15. The number of benzene rings is 2. The quantitative estimate of drug-likeness (QED) is 0.763. The summed E-state index contributed by atoms with van der Waals surface area (Å²) in [7, 11) is 0. The zero-order valence-corrected chi connectivity index (χ0v) is 12.7. The first-order valence-corrected chi connectivity index (χ1v) is 7.08. The Kier molecular flexibility index (Phi) is 3.72. The van der Waals surface area contributed by atoms with Crippen LogP contribution in [-0.2, 0) is 0 Å². The third-order valence-electron chi connectivity index (χ3n) is 3.06. The third kappa shape index (κ3) is 2.62. The van der Waals surface area contributed by atoms with E-state index in [1.165, 1.54) is 18.5 Å². The van der Waals surface area contributed by atoms with Crippen LogP contribution in [0.1, 0.15) is 10.4 Å². The van der Waals surface area contributed by atoms with Crippen molar-refractivity contribution in [2.75, 3.05) is 5.43 Å². The van der Waals surface area contributed by atoms with Gasteiger partial charge in [-0.05, 0) is 30.3 Å². The minimum absolute atomic E-state index is 0.164. The summed E-state index contributed by atoms with van der Waals surface area (Å²) >= 11 is 3.11. The summed E-state index contributed by atoms with van der Waals surface area (Å²) in [5.74, 6) is -1.42. The first-order chi connectivity index (χ1) is 10.6. The number of nitrogens with zero attached hydrogens (tertiary/aromatic N) is 2. The van der Waals surface area contributed by atoms with Gasteiger partial charge in [-0.2, -0.15) is 0 Å². The van der Waals surface area contributed by atoms with E-state index in [0.29, 0.717) is 15.4 Å². The van der Waals surface area contributed by atoms with Gasteiger partial charge in [0.15, 0.2) is 0 Å². The Hall–Kier alpha value is -2.54. The van der Waals surface area contributed by atoms with Crippen molar-refractivity contribution in [1.82, 2.24) is 9.66 Å². The van der Waals surface area contributed by atoms with E-state index in [4.69, 9.17) is 0 Å². The first-order valence-electron chi connectivity index (χ1n) is 6.29. The molecule has 0 aliphatic carbocycles. The molecule has 3 rings (SSSR count). The van der Waals surface area contributed by atoms with E-state index in [2.05, 4.69) is 26.3 Å². The number of rotatable bonds is 2. The zero-order chi connectivity index (χ0) is 15.7. The highest BCUT2D eigenvalue weighted by Gasteiger charge is 2.13. The Morgan fingerprint density at radius 3 is 2.77 bits per heavy atom. The van der Waals surface area contributed by atoms with E-state index in [-0.39, 0.29) is 5.56 Å². The van der Waals surface area contributed by atoms with Gasteiger partial charge in [-0.1, -0.05) is 28.1 Å². The Balaban J connectivity index is 1.98. The monoisotopic (exact) mass is 361 g/mol. The van der Waals surface area contributed by atoms with Gasteiger partial charge in [-0.3, -0.25) is 15.0 Å². The Bertz CT molecular complexity index is 939. The number of hydrogen-bond acceptors (Lipinski definition) is 3. The topological polar surface area (TPSA) is 64.0 Å². The van der Waals surface area contributed by atoms with E-state index in [1.807, 2.05) is 0 Å². The molecule has 7 heteroatoms. The lowest BCUT2D eigenvalue weighted by Crippen LogP contribution is -2.33. The van der Waals surface area contributed by atoms with Crippen LogP contribution in [0.15, 0.2) is 58.1 Å². The number of fused-ring (bicyclic) bond motifs is 1. The zero-order valence-electron chi connectivity index (χ0n) is 11.1. The summed E-state index contributed by atoms with van der Waals surface area (Å²) in [6.45, 7) is 0. The van der Waals surface area contributed by atoms with Crippen molar-refractivity contribution in [2.45, 2.75) is 0 Å². The summed E-state index contributed by atoms with van der Waals surface area (Å²) in [5, 5.41) is 0.363. The van der Waals surface area contributed by atoms with Gasteiger partial charge in [-0.25, -0.2) is 14.1 Å². The Morgan fingerprint density at radius 2 is 2.00 bits per heavy atom. The fraction of sp³-hybridized carbons (Fsp3) is 0. The molecule has 0 saturated heterocycles. The van der Waals surface area contributed by atoms with E-state index >= 15 is 0 Å². The molecule has 0 atom stereocenters. The molecular formula is C15H9BrFN3O2. The Labute approximate surface area is 132 Å². The number of carbonyl (C=O) groups is 1. The van der Waals surface area contributed by atoms with Crippen molar-refractivity contribution in [2.24, 2.45) is 0 Å². The fourth-order valence-corrected chi connectivity index (χ4v) is 2.33. The van der Waals surface area contributed by atoms with Crippen LogP contribution < -0.4 is 11.0 Å². The molecule has 2 aromatic carbocycles. The Morgan fingerprint density at radius 1 is 1.23 bits per heavy atom. The molecule has 1 N–H and O–H groups in total. The largest absolute Gasteiger partial charge is 0.280 e. The minimum Gasteiger partial charge on any atom is -0.267 e. The summed E-state index contributed by atoms with van der Waals surface area (Å²) in [5.41, 5.74) is 2.25. The van der Waals surface area contributed by atoms with Gasteiger partial charge in [0.25, 0.3) is 11.5 Å². The number of hydrogen-bond donors (Lipinski definition) is 1. The van der Waals surface area contributed by atoms with Crippen LogP contribution in [0.4, 0.5) is 4.39 Å². The number of halogens is 2. The van der Waals surface area contributed by atoms with Crippen molar-refractivity contribution in [3.63, 3.8) is 0 Å². The standard InChI is InChI=1S/C15H9BrFN3O2/c16-9-5-6-10(12(17)7-9)14(21)19-20-8-18-13-4-2-1-3-11(13)15(20)22/h1-8H,(H,19,21). The van der Waals surface area contributed by atoms with Crippen LogP contribution in [0.25, 0.3) is 10.9 Å². The molecule has 0 aliphatic rings. The maximum atomic E-state index is 13.8. The van der Waals surface area contributed by atoms with Crippen LogP contribution >= 0.6 is 15.9 Å². The van der Waals surface area contributed by atoms with Crippen LogP contribution in [-0.4, -0.2) is 15.6 Å². The highest BCUT2D eigenvalue weighted by molar-refractivity contribution is 9.10. The second-order valence-corrected chi connectivity index (χ2v) is 5.42. The molecule has 110 valence electrons. The van der Waals surface area contributed by atoms with Gasteiger partial charge in [0.05, 0.1) is 16.5 Å². The van der Waals surface area contributed by atoms with Gasteiger partial charge >= 0.3 is 0 Å². The predicted octanol–water partition coefficient (Wildman–Crippen LogP) is 2.68. The maximum absolute atomic E-state index is 13.8. The van der Waals surface area contributed by atoms with E-state index in [0.717, 1.165) is 4.68 Å². The summed E-state index contributed by atoms with van der Waals surface area (Å²) in [4.78, 5) is 28.4. The lowest BCUT2D eigenvalue weighted by Gasteiger charge is -2.09. The molecule has 22 heavy (non-hydrogen) atoms. The molecule has 0 radical (unpaired) electrons. The van der Waals surface area contributed by atoms with Gasteiger partial charge in [0, 0.05) is 4.47 Å². The van der Waals surface area contributed by atoms with Gasteiger partial charge in [0.2, 0.25) is 0 Å². The summed E-state index contributed by atoms with van der Waals surface area (Å²) < 4.78 is 15.2. The van der Waals surface area contributed by atoms with Crippen molar-refractivity contribution < 1.29 is 9.18 Å². The second-order valence-electron chi connectivity index (χ2n) is 4.50. The van der Waals surface area contributed by atoms with E-state index in [9.17, 15) is 14.0 Å². The molecule has 1 aromatic heterocycles. The van der Waals surface area contributed by atoms with Crippen molar-refractivity contribution in [3.8, 4) is 0 Å². The molecule has 1 amide bonds. The smallest absolute Gasteiger partial charge is 0.267 e. The lowest BCUT2D eigenvalue weighted by atomic mass is 10.2. The molecule has 0 aliphatic heterocycles.